The summed E-state index contributed by atoms with van der Waals surface area (Å²) in [5.41, 5.74) is 5.30. The van der Waals surface area contributed by atoms with Crippen molar-refractivity contribution in [3.8, 4) is 0 Å². The number of hydrogen-bond donors (Lipinski definition) is 2. The van der Waals surface area contributed by atoms with Gasteiger partial charge in [-0.2, -0.15) is 0 Å². The molecule has 1 amide bonds. The Hall–Kier alpha value is -0.610. The van der Waals surface area contributed by atoms with E-state index in [9.17, 15) is 4.79 Å². The summed E-state index contributed by atoms with van der Waals surface area (Å²) in [7, 11) is 1.83. The van der Waals surface area contributed by atoms with Crippen LogP contribution in [-0.4, -0.2) is 43.5 Å². The summed E-state index contributed by atoms with van der Waals surface area (Å²) in [6.45, 7) is 2.18. The lowest BCUT2D eigenvalue weighted by Crippen LogP contribution is -2.39. The molecule has 0 aliphatic carbocycles. The highest BCUT2D eigenvalue weighted by atomic mass is 16.2. The van der Waals surface area contributed by atoms with Gasteiger partial charge in [-0.1, -0.05) is 0 Å². The first-order chi connectivity index (χ1) is 5.25. The van der Waals surface area contributed by atoms with Crippen LogP contribution in [0, 0.1) is 0 Å². The van der Waals surface area contributed by atoms with Gasteiger partial charge >= 0.3 is 0 Å². The SMILES string of the molecule is CN1CCC(NCCN)C1=O. The summed E-state index contributed by atoms with van der Waals surface area (Å²) in [5, 5.41) is 3.10. The van der Waals surface area contributed by atoms with Crippen LogP contribution in [0.2, 0.25) is 0 Å². The maximum Gasteiger partial charge on any atom is 0.239 e. The van der Waals surface area contributed by atoms with Crippen molar-refractivity contribution in [2.75, 3.05) is 26.7 Å². The predicted octanol–water partition coefficient (Wildman–Crippen LogP) is -1.23. The zero-order valence-corrected chi connectivity index (χ0v) is 6.84. The second-order valence-electron chi connectivity index (χ2n) is 2.84. The first kappa shape index (κ1) is 8.49. The second kappa shape index (κ2) is 3.69. The first-order valence-electron chi connectivity index (χ1n) is 3.94. The van der Waals surface area contributed by atoms with Gasteiger partial charge in [0, 0.05) is 26.7 Å². The predicted molar refractivity (Wildman–Crippen MR) is 43.1 cm³/mol. The van der Waals surface area contributed by atoms with Crippen molar-refractivity contribution in [3.63, 3.8) is 0 Å². The van der Waals surface area contributed by atoms with Gasteiger partial charge in [0.05, 0.1) is 6.04 Å². The zero-order valence-electron chi connectivity index (χ0n) is 6.84. The molecule has 0 radical (unpaired) electrons. The average Bonchev–Trinajstić information content (AvgIpc) is 2.31. The summed E-state index contributed by atoms with van der Waals surface area (Å²) < 4.78 is 0. The molecule has 3 N–H and O–H groups in total. The van der Waals surface area contributed by atoms with E-state index >= 15 is 0 Å². The molecule has 1 saturated heterocycles. The largest absolute Gasteiger partial charge is 0.344 e. The van der Waals surface area contributed by atoms with Crippen LogP contribution >= 0.6 is 0 Å². The molecule has 1 rings (SSSR count). The molecule has 0 aromatic heterocycles. The minimum absolute atomic E-state index is 0.0172. The van der Waals surface area contributed by atoms with Gasteiger partial charge in [-0.3, -0.25) is 4.79 Å². The summed E-state index contributed by atoms with van der Waals surface area (Å²) >= 11 is 0. The van der Waals surface area contributed by atoms with E-state index in [1.165, 1.54) is 0 Å². The van der Waals surface area contributed by atoms with Crippen LogP contribution in [-0.2, 0) is 4.79 Å². The van der Waals surface area contributed by atoms with Gasteiger partial charge in [-0.05, 0) is 6.42 Å². The van der Waals surface area contributed by atoms with Crippen LogP contribution in [0.3, 0.4) is 0 Å². The van der Waals surface area contributed by atoms with Crippen molar-refractivity contribution in [1.82, 2.24) is 10.2 Å². The highest BCUT2D eigenvalue weighted by Gasteiger charge is 2.27. The Balaban J connectivity index is 2.30. The Labute approximate surface area is 66.7 Å². The van der Waals surface area contributed by atoms with Gasteiger partial charge < -0.3 is 16.0 Å². The van der Waals surface area contributed by atoms with E-state index in [0.29, 0.717) is 6.54 Å². The van der Waals surface area contributed by atoms with E-state index in [0.717, 1.165) is 19.5 Å². The fraction of sp³-hybridized carbons (Fsp3) is 0.857. The van der Waals surface area contributed by atoms with E-state index in [2.05, 4.69) is 5.32 Å². The van der Waals surface area contributed by atoms with Crippen LogP contribution in [0.1, 0.15) is 6.42 Å². The quantitative estimate of drug-likeness (QED) is 0.539. The molecule has 1 fully saturated rings. The molecule has 1 aliphatic heterocycles. The number of nitrogens with zero attached hydrogens (tertiary/aromatic N) is 1. The smallest absolute Gasteiger partial charge is 0.239 e. The Morgan fingerprint density at radius 3 is 3.00 bits per heavy atom. The number of nitrogens with two attached hydrogens (primary N) is 1. The Bertz CT molecular complexity index is 149. The number of carbonyl (C=O) groups is 1. The first-order valence-corrected chi connectivity index (χ1v) is 3.94. The van der Waals surface area contributed by atoms with Gasteiger partial charge in [0.2, 0.25) is 5.91 Å². The highest BCUT2D eigenvalue weighted by molar-refractivity contribution is 5.83. The van der Waals surface area contributed by atoms with Gasteiger partial charge in [0.25, 0.3) is 0 Å². The van der Waals surface area contributed by atoms with Crippen LogP contribution in [0.4, 0.5) is 0 Å². The Morgan fingerprint density at radius 2 is 2.55 bits per heavy atom. The highest BCUT2D eigenvalue weighted by Crippen LogP contribution is 2.07. The Morgan fingerprint density at radius 1 is 1.82 bits per heavy atom. The summed E-state index contributed by atoms with van der Waals surface area (Å²) in [4.78, 5) is 13.0. The molecule has 1 unspecified atom stereocenters. The van der Waals surface area contributed by atoms with Crippen molar-refractivity contribution in [1.29, 1.82) is 0 Å². The molecule has 1 atom stereocenters. The second-order valence-corrected chi connectivity index (χ2v) is 2.84. The van der Waals surface area contributed by atoms with E-state index in [1.807, 2.05) is 7.05 Å². The summed E-state index contributed by atoms with van der Waals surface area (Å²) in [6, 6.07) is 0.0172. The van der Waals surface area contributed by atoms with Crippen molar-refractivity contribution >= 4 is 5.91 Å². The number of nitrogens with one attached hydrogen (secondary N) is 1. The number of likely N-dealkylation sites (N-methyl/N-ethyl adjacent to an activating group) is 1. The van der Waals surface area contributed by atoms with Crippen molar-refractivity contribution in [2.45, 2.75) is 12.5 Å². The van der Waals surface area contributed by atoms with Gasteiger partial charge in [0.1, 0.15) is 0 Å². The molecule has 0 bridgehead atoms. The molecule has 0 aromatic carbocycles. The maximum atomic E-state index is 11.2. The molecule has 4 nitrogen and oxygen atoms in total. The zero-order chi connectivity index (χ0) is 8.27. The fourth-order valence-electron chi connectivity index (χ4n) is 1.27. The molecular formula is C7H15N3O. The maximum absolute atomic E-state index is 11.2. The number of hydrogen-bond acceptors (Lipinski definition) is 3. The average molecular weight is 157 g/mol. The fourth-order valence-corrected chi connectivity index (χ4v) is 1.27. The van der Waals surface area contributed by atoms with E-state index in [-0.39, 0.29) is 11.9 Å². The molecule has 0 spiro atoms. The molecule has 0 saturated carbocycles. The molecule has 11 heavy (non-hydrogen) atoms. The van der Waals surface area contributed by atoms with Gasteiger partial charge in [0.15, 0.2) is 0 Å². The normalized spacial score (nSPS) is 24.7. The number of carbonyl (C=O) groups excluding carboxylic acids is 1. The third-order valence-electron chi connectivity index (χ3n) is 1.96. The lowest BCUT2D eigenvalue weighted by molar-refractivity contribution is -0.128. The minimum atomic E-state index is 0.0172. The molecule has 1 aliphatic rings. The molecule has 64 valence electrons. The topological polar surface area (TPSA) is 58.4 Å². The Kier molecular flexibility index (Phi) is 2.84. The van der Waals surface area contributed by atoms with Crippen LogP contribution < -0.4 is 11.1 Å². The third kappa shape index (κ3) is 1.91. The lowest BCUT2D eigenvalue weighted by atomic mass is 10.2. The van der Waals surface area contributed by atoms with Crippen molar-refractivity contribution in [2.24, 2.45) is 5.73 Å². The standard InChI is InChI=1S/C7H15N3O/c1-10-5-2-6(7(10)11)9-4-3-8/h6,9H,2-5,8H2,1H3. The number of likely N-dealkylation sites (tertiary alicyclic amines) is 1. The van der Waals surface area contributed by atoms with E-state index in [4.69, 9.17) is 5.73 Å². The van der Waals surface area contributed by atoms with Gasteiger partial charge in [-0.15, -0.1) is 0 Å². The molecule has 4 heteroatoms. The summed E-state index contributed by atoms with van der Waals surface area (Å²) in [6.07, 6.45) is 0.912. The minimum Gasteiger partial charge on any atom is -0.344 e. The number of rotatable bonds is 3. The van der Waals surface area contributed by atoms with Crippen LogP contribution in [0.5, 0.6) is 0 Å². The monoisotopic (exact) mass is 157 g/mol. The molecule has 0 aromatic rings. The van der Waals surface area contributed by atoms with Crippen molar-refractivity contribution in [3.05, 3.63) is 0 Å². The van der Waals surface area contributed by atoms with Crippen LogP contribution in [0.15, 0.2) is 0 Å². The third-order valence-corrected chi connectivity index (χ3v) is 1.96. The molecular weight excluding hydrogens is 142 g/mol. The van der Waals surface area contributed by atoms with E-state index in [1.54, 1.807) is 4.90 Å². The van der Waals surface area contributed by atoms with Crippen LogP contribution in [0.25, 0.3) is 0 Å². The van der Waals surface area contributed by atoms with E-state index < -0.39 is 0 Å². The number of amides is 1. The summed E-state index contributed by atoms with van der Waals surface area (Å²) in [5.74, 6) is 0.193. The molecule has 1 heterocycles. The lowest BCUT2D eigenvalue weighted by Gasteiger charge is -2.10. The van der Waals surface area contributed by atoms with Gasteiger partial charge in [-0.25, -0.2) is 0 Å². The van der Waals surface area contributed by atoms with Crippen molar-refractivity contribution < 1.29 is 4.79 Å².